The zero-order valence-electron chi connectivity index (χ0n) is 6.39. The number of nitrogens with one attached hydrogen (secondary N) is 1. The Morgan fingerprint density at radius 2 is 2.08 bits per heavy atom. The van der Waals surface area contributed by atoms with Crippen molar-refractivity contribution in [2.45, 2.75) is 19.1 Å². The van der Waals surface area contributed by atoms with E-state index in [0.717, 1.165) is 0 Å². The number of ether oxygens (including phenoxy) is 1. The maximum Gasteiger partial charge on any atom is 0.345 e. The Morgan fingerprint density at radius 1 is 1.58 bits per heavy atom. The molecule has 1 atom stereocenters. The fraction of sp³-hybridized carbons (Fsp3) is 0.800. The van der Waals surface area contributed by atoms with E-state index in [1.165, 1.54) is 6.92 Å². The smallest absolute Gasteiger partial charge is 0.345 e. The van der Waals surface area contributed by atoms with E-state index < -0.39 is 24.9 Å². The number of rotatable bonds is 4. The van der Waals surface area contributed by atoms with E-state index in [2.05, 4.69) is 4.74 Å². The lowest BCUT2D eigenvalue weighted by molar-refractivity contribution is -0.336. The Bertz CT molecular complexity index is 151. The van der Waals surface area contributed by atoms with Crippen LogP contribution in [-0.4, -0.2) is 45.3 Å². The largest absolute Gasteiger partial charge is 0.448 e. The summed E-state index contributed by atoms with van der Waals surface area (Å²) >= 11 is 0. The highest BCUT2D eigenvalue weighted by atomic mass is 16.7. The number of carbonyl (C=O) groups excluding carboxylic acids is 1. The lowest BCUT2D eigenvalue weighted by Crippen LogP contribution is -2.46. The van der Waals surface area contributed by atoms with E-state index in [1.807, 2.05) is 0 Å². The van der Waals surface area contributed by atoms with Crippen molar-refractivity contribution < 1.29 is 30.0 Å². The monoisotopic (exact) mass is 181 g/mol. The molecule has 0 aromatic heterocycles. The van der Waals surface area contributed by atoms with Gasteiger partial charge in [0.1, 0.15) is 12.8 Å². The number of aliphatic hydroxyl groups is 4. The predicted molar refractivity (Wildman–Crippen MR) is 35.2 cm³/mol. The Kier molecular flexibility index (Phi) is 4.07. The highest BCUT2D eigenvalue weighted by Crippen LogP contribution is 1.87. The molecule has 1 unspecified atom stereocenters. The molecular weight excluding hydrogens is 170 g/mol. The second-order valence-corrected chi connectivity index (χ2v) is 2.10. The van der Waals surface area contributed by atoms with Gasteiger partial charge in [0.15, 0.2) is 0 Å². The molecule has 0 aliphatic rings. The molecule has 7 heteroatoms. The van der Waals surface area contributed by atoms with Gasteiger partial charge >= 0.3 is 12.1 Å². The van der Waals surface area contributed by atoms with Gasteiger partial charge < -0.3 is 25.2 Å². The van der Waals surface area contributed by atoms with Gasteiger partial charge in [0.05, 0.1) is 0 Å². The highest BCUT2D eigenvalue weighted by Gasteiger charge is 2.18. The van der Waals surface area contributed by atoms with E-state index >= 15 is 0 Å². The second kappa shape index (κ2) is 4.33. The summed E-state index contributed by atoms with van der Waals surface area (Å²) in [7, 11) is 0. The van der Waals surface area contributed by atoms with Crippen molar-refractivity contribution in [3.8, 4) is 0 Å². The molecule has 0 spiro atoms. The van der Waals surface area contributed by atoms with Crippen LogP contribution in [0.25, 0.3) is 0 Å². The maximum atomic E-state index is 10.5. The molecule has 0 aromatic carbocycles. The van der Waals surface area contributed by atoms with Crippen LogP contribution in [0.2, 0.25) is 0 Å². The van der Waals surface area contributed by atoms with E-state index in [-0.39, 0.29) is 0 Å². The molecule has 0 heterocycles. The average Bonchev–Trinajstić information content (AvgIpc) is 1.84. The van der Waals surface area contributed by atoms with Gasteiger partial charge in [0.2, 0.25) is 0 Å². The third-order valence-corrected chi connectivity index (χ3v) is 0.865. The molecule has 0 aromatic rings. The van der Waals surface area contributed by atoms with Crippen molar-refractivity contribution in [3.05, 3.63) is 0 Å². The molecule has 0 bridgehead atoms. The molecule has 12 heavy (non-hydrogen) atoms. The first-order valence-corrected chi connectivity index (χ1v) is 3.10. The fourth-order valence-electron chi connectivity index (χ4n) is 0.325. The fourth-order valence-corrected chi connectivity index (χ4v) is 0.325. The van der Waals surface area contributed by atoms with Crippen molar-refractivity contribution in [2.75, 3.05) is 6.73 Å². The van der Waals surface area contributed by atoms with Crippen LogP contribution in [0.4, 0.5) is 0 Å². The number of hydrogen-bond donors (Lipinski definition) is 5. The summed E-state index contributed by atoms with van der Waals surface area (Å²) in [5.74, 6) is -0.938. The van der Waals surface area contributed by atoms with Gasteiger partial charge in [-0.05, 0) is 6.92 Å². The van der Waals surface area contributed by atoms with Crippen molar-refractivity contribution in [1.29, 1.82) is 0 Å². The van der Waals surface area contributed by atoms with E-state index in [4.69, 9.17) is 20.4 Å². The summed E-state index contributed by atoms with van der Waals surface area (Å²) < 4.78 is 4.20. The minimum Gasteiger partial charge on any atom is -0.448 e. The number of esters is 1. The Hall–Kier alpha value is -0.730. The lowest BCUT2D eigenvalue weighted by Gasteiger charge is -2.15. The average molecular weight is 181 g/mol. The SMILES string of the molecule is CC(O)C(=O)OCNC(O)(O)O. The number of aliphatic hydroxyl groups excluding tert-OH is 1. The second-order valence-electron chi connectivity index (χ2n) is 2.10. The van der Waals surface area contributed by atoms with Gasteiger partial charge in [-0.15, -0.1) is 0 Å². The van der Waals surface area contributed by atoms with E-state index in [0.29, 0.717) is 0 Å². The molecule has 0 rings (SSSR count). The minimum absolute atomic E-state index is 0.618. The van der Waals surface area contributed by atoms with Crippen molar-refractivity contribution >= 4 is 5.97 Å². The third-order valence-electron chi connectivity index (χ3n) is 0.865. The lowest BCUT2D eigenvalue weighted by atomic mass is 10.4. The molecular formula is C5H11NO6. The molecule has 0 radical (unpaired) electrons. The highest BCUT2D eigenvalue weighted by molar-refractivity contribution is 5.73. The normalized spacial score (nSPS) is 14.1. The van der Waals surface area contributed by atoms with Gasteiger partial charge in [0.25, 0.3) is 0 Å². The van der Waals surface area contributed by atoms with Crippen molar-refractivity contribution in [1.82, 2.24) is 5.32 Å². The standard InChI is InChI=1S/C5H11NO6/c1-3(7)4(8)12-2-6-5(9,10)11/h3,6-7,9-11H,2H2,1H3. The van der Waals surface area contributed by atoms with Crippen LogP contribution >= 0.6 is 0 Å². The van der Waals surface area contributed by atoms with Crippen molar-refractivity contribution in [3.63, 3.8) is 0 Å². The zero-order chi connectivity index (χ0) is 9.78. The quantitative estimate of drug-likeness (QED) is 0.232. The van der Waals surface area contributed by atoms with Gasteiger partial charge in [-0.3, -0.25) is 0 Å². The van der Waals surface area contributed by atoms with Crippen LogP contribution in [0.1, 0.15) is 6.92 Å². The van der Waals surface area contributed by atoms with Gasteiger partial charge in [0, 0.05) is 0 Å². The van der Waals surface area contributed by atoms with Crippen LogP contribution in [0.15, 0.2) is 0 Å². The van der Waals surface area contributed by atoms with Gasteiger partial charge in [-0.2, -0.15) is 0 Å². The molecule has 72 valence electrons. The minimum atomic E-state index is -3.08. The summed E-state index contributed by atoms with van der Waals surface area (Å²) in [5.41, 5.74) is 0. The predicted octanol–water partition coefficient (Wildman–Crippen LogP) is -2.95. The molecule has 0 saturated carbocycles. The van der Waals surface area contributed by atoms with Gasteiger partial charge in [-0.1, -0.05) is 0 Å². The van der Waals surface area contributed by atoms with Crippen LogP contribution in [0.3, 0.4) is 0 Å². The van der Waals surface area contributed by atoms with Crippen molar-refractivity contribution in [2.24, 2.45) is 0 Å². The third kappa shape index (κ3) is 6.01. The molecule has 7 nitrogen and oxygen atoms in total. The number of carbonyl (C=O) groups is 1. The van der Waals surface area contributed by atoms with E-state index in [9.17, 15) is 4.79 Å². The number of hydrogen-bond acceptors (Lipinski definition) is 7. The van der Waals surface area contributed by atoms with Gasteiger partial charge in [-0.25, -0.2) is 10.1 Å². The molecule has 0 saturated heterocycles. The Balaban J connectivity index is 3.51. The Morgan fingerprint density at radius 3 is 2.42 bits per heavy atom. The summed E-state index contributed by atoms with van der Waals surface area (Å²) in [6, 6.07) is 0. The molecule has 0 aliphatic heterocycles. The first kappa shape index (κ1) is 11.3. The van der Waals surface area contributed by atoms with Crippen LogP contribution in [0, 0.1) is 0 Å². The molecule has 0 aliphatic carbocycles. The van der Waals surface area contributed by atoms with Crippen LogP contribution in [0.5, 0.6) is 0 Å². The first-order valence-electron chi connectivity index (χ1n) is 3.10. The molecule has 0 amide bonds. The van der Waals surface area contributed by atoms with Crippen LogP contribution < -0.4 is 5.32 Å². The topological polar surface area (TPSA) is 119 Å². The van der Waals surface area contributed by atoms with E-state index in [1.54, 1.807) is 5.32 Å². The maximum absolute atomic E-state index is 10.5. The summed E-state index contributed by atoms with van der Waals surface area (Å²) in [5, 5.41) is 34.8. The first-order chi connectivity index (χ1) is 5.33. The summed E-state index contributed by atoms with van der Waals surface area (Å²) in [4.78, 5) is 10.5. The zero-order valence-corrected chi connectivity index (χ0v) is 6.39. The molecule has 5 N–H and O–H groups in total. The summed E-state index contributed by atoms with van der Waals surface area (Å²) in [6.45, 7) is 0.569. The summed E-state index contributed by atoms with van der Waals surface area (Å²) in [6.07, 6.45) is -4.38. The van der Waals surface area contributed by atoms with Crippen LogP contribution in [-0.2, 0) is 9.53 Å². The Labute approximate surface area is 68.2 Å². The molecule has 0 fully saturated rings.